The molecule has 0 aliphatic carbocycles. The molecule has 1 saturated heterocycles. The van der Waals surface area contributed by atoms with Crippen molar-refractivity contribution in [2.45, 2.75) is 50.2 Å². The highest BCUT2D eigenvalue weighted by Crippen LogP contribution is 2.28. The molecule has 2 aromatic carbocycles. The highest BCUT2D eigenvalue weighted by Gasteiger charge is 2.39. The zero-order valence-electron chi connectivity index (χ0n) is 17.2. The van der Waals surface area contributed by atoms with Gasteiger partial charge in [0.05, 0.1) is 10.4 Å². The van der Waals surface area contributed by atoms with Crippen LogP contribution in [0.1, 0.15) is 31.7 Å². The van der Waals surface area contributed by atoms with Crippen LogP contribution in [0.5, 0.6) is 0 Å². The summed E-state index contributed by atoms with van der Waals surface area (Å²) < 4.78 is 29.7. The van der Waals surface area contributed by atoms with Crippen LogP contribution in [-0.2, 0) is 27.9 Å². The first-order chi connectivity index (χ1) is 14.9. The summed E-state index contributed by atoms with van der Waals surface area (Å²) in [5, 5.41) is 11.7. The van der Waals surface area contributed by atoms with Gasteiger partial charge in [0.25, 0.3) is 0 Å². The fraction of sp³-hybridized carbons (Fsp3) is 0.381. The number of benzene rings is 2. The van der Waals surface area contributed by atoms with Crippen LogP contribution in [0.4, 0.5) is 0 Å². The van der Waals surface area contributed by atoms with Gasteiger partial charge < -0.3 is 5.32 Å². The number of fused-ring (bicyclic) bond motifs is 1. The second-order valence-corrected chi connectivity index (χ2v) is 9.91. The monoisotopic (exact) mass is 461 g/mol. The number of amides is 1. The lowest BCUT2D eigenvalue weighted by Gasteiger charge is -2.23. The van der Waals surface area contributed by atoms with Gasteiger partial charge in [0, 0.05) is 24.7 Å². The molecule has 1 amide bonds. The molecule has 10 heteroatoms. The van der Waals surface area contributed by atoms with Gasteiger partial charge in [-0.05, 0) is 55.2 Å². The number of aromatic nitrogens is 3. The van der Waals surface area contributed by atoms with Gasteiger partial charge in [0.1, 0.15) is 11.6 Å². The normalized spacial score (nSPS) is 17.3. The second kappa shape index (κ2) is 8.94. The summed E-state index contributed by atoms with van der Waals surface area (Å²) in [5.74, 6) is -0.300. The van der Waals surface area contributed by atoms with E-state index >= 15 is 0 Å². The minimum atomic E-state index is -3.84. The standard InChI is InChI=1S/C21H24ClN5O3S/c1-2-11-26-19-10-9-17(13-18(19)24-25-26)31(29,30)27-12-3-4-20(27)21(28)23-14-15-5-7-16(22)8-6-15/h5-10,13,20H,2-4,11-12,14H2,1H3,(H,23,28). The van der Waals surface area contributed by atoms with Crippen molar-refractivity contribution in [1.82, 2.24) is 24.6 Å². The molecular weight excluding hydrogens is 438 g/mol. The van der Waals surface area contributed by atoms with Crippen molar-refractivity contribution in [2.24, 2.45) is 0 Å². The summed E-state index contributed by atoms with van der Waals surface area (Å²) in [7, 11) is -3.84. The fourth-order valence-electron chi connectivity index (χ4n) is 3.82. The largest absolute Gasteiger partial charge is 0.351 e. The summed E-state index contributed by atoms with van der Waals surface area (Å²) in [6, 6.07) is 11.2. The third-order valence-electron chi connectivity index (χ3n) is 5.41. The zero-order valence-corrected chi connectivity index (χ0v) is 18.7. The number of aryl methyl sites for hydroxylation is 1. The molecule has 0 saturated carbocycles. The first-order valence-corrected chi connectivity index (χ1v) is 12.1. The lowest BCUT2D eigenvalue weighted by atomic mass is 10.2. The minimum Gasteiger partial charge on any atom is -0.351 e. The van der Waals surface area contributed by atoms with E-state index in [2.05, 4.69) is 15.6 Å². The van der Waals surface area contributed by atoms with E-state index in [1.807, 2.05) is 19.1 Å². The van der Waals surface area contributed by atoms with Crippen molar-refractivity contribution in [3.05, 3.63) is 53.1 Å². The van der Waals surface area contributed by atoms with Crippen LogP contribution in [0.15, 0.2) is 47.4 Å². The summed E-state index contributed by atoms with van der Waals surface area (Å²) in [6.07, 6.45) is 2.02. The molecule has 1 aliphatic heterocycles. The van der Waals surface area contributed by atoms with Crippen molar-refractivity contribution < 1.29 is 13.2 Å². The zero-order chi connectivity index (χ0) is 22.0. The van der Waals surface area contributed by atoms with Crippen molar-refractivity contribution in [2.75, 3.05) is 6.54 Å². The third kappa shape index (κ3) is 4.44. The lowest BCUT2D eigenvalue weighted by Crippen LogP contribution is -2.45. The van der Waals surface area contributed by atoms with Crippen molar-refractivity contribution >= 4 is 38.6 Å². The maximum atomic E-state index is 13.3. The van der Waals surface area contributed by atoms with Gasteiger partial charge >= 0.3 is 0 Å². The smallest absolute Gasteiger partial charge is 0.243 e. The molecule has 1 unspecified atom stereocenters. The van der Waals surface area contributed by atoms with Crippen LogP contribution in [0.3, 0.4) is 0 Å². The molecule has 1 aliphatic rings. The van der Waals surface area contributed by atoms with Crippen LogP contribution in [0, 0.1) is 0 Å². The van der Waals surface area contributed by atoms with Gasteiger partial charge in [0.15, 0.2) is 0 Å². The van der Waals surface area contributed by atoms with Gasteiger partial charge in [-0.3, -0.25) is 4.79 Å². The Morgan fingerprint density at radius 3 is 2.74 bits per heavy atom. The molecule has 4 rings (SSSR count). The minimum absolute atomic E-state index is 0.126. The number of hydrogen-bond donors (Lipinski definition) is 1. The van der Waals surface area contributed by atoms with E-state index in [4.69, 9.17) is 11.6 Å². The molecule has 0 spiro atoms. The molecule has 3 aromatic rings. The Morgan fingerprint density at radius 1 is 1.23 bits per heavy atom. The van der Waals surface area contributed by atoms with E-state index in [1.165, 1.54) is 10.4 Å². The van der Waals surface area contributed by atoms with E-state index in [0.717, 1.165) is 17.5 Å². The van der Waals surface area contributed by atoms with Gasteiger partial charge in [-0.25, -0.2) is 13.1 Å². The lowest BCUT2D eigenvalue weighted by molar-refractivity contribution is -0.124. The number of halogens is 1. The molecular formula is C21H24ClN5O3S. The van der Waals surface area contributed by atoms with Gasteiger partial charge in [0.2, 0.25) is 15.9 Å². The number of carbonyl (C=O) groups excluding carboxylic acids is 1. The number of sulfonamides is 1. The Balaban J connectivity index is 1.52. The number of rotatable bonds is 7. The third-order valence-corrected chi connectivity index (χ3v) is 7.57. The summed E-state index contributed by atoms with van der Waals surface area (Å²) in [6.45, 7) is 3.37. The molecule has 1 aromatic heterocycles. The predicted octanol–water partition coefficient (Wildman–Crippen LogP) is 2.96. The number of hydrogen-bond acceptors (Lipinski definition) is 5. The van der Waals surface area contributed by atoms with E-state index in [9.17, 15) is 13.2 Å². The van der Waals surface area contributed by atoms with Crippen LogP contribution < -0.4 is 5.32 Å². The Bertz CT molecular complexity index is 1190. The predicted molar refractivity (Wildman–Crippen MR) is 118 cm³/mol. The van der Waals surface area contributed by atoms with Gasteiger partial charge in [-0.2, -0.15) is 4.31 Å². The van der Waals surface area contributed by atoms with Crippen molar-refractivity contribution in [3.8, 4) is 0 Å². The van der Waals surface area contributed by atoms with Crippen LogP contribution in [0.2, 0.25) is 5.02 Å². The van der Waals surface area contributed by atoms with Gasteiger partial charge in [-0.1, -0.05) is 35.9 Å². The maximum absolute atomic E-state index is 13.3. The SMILES string of the molecule is CCCn1nnc2cc(S(=O)(=O)N3CCCC3C(=O)NCc3ccc(Cl)cc3)ccc21. The number of carbonyl (C=O) groups is 1. The Morgan fingerprint density at radius 2 is 2.00 bits per heavy atom. The Hall–Kier alpha value is -2.49. The summed E-state index contributed by atoms with van der Waals surface area (Å²) in [5.41, 5.74) is 2.21. The quantitative estimate of drug-likeness (QED) is 0.583. The summed E-state index contributed by atoms with van der Waals surface area (Å²) >= 11 is 5.89. The van der Waals surface area contributed by atoms with Crippen molar-refractivity contribution in [1.29, 1.82) is 0 Å². The maximum Gasteiger partial charge on any atom is 0.243 e. The number of nitrogens with one attached hydrogen (secondary N) is 1. The molecule has 164 valence electrons. The molecule has 1 fully saturated rings. The van der Waals surface area contributed by atoms with Crippen molar-refractivity contribution in [3.63, 3.8) is 0 Å². The molecule has 1 N–H and O–H groups in total. The van der Waals surface area contributed by atoms with E-state index in [1.54, 1.807) is 28.9 Å². The first-order valence-electron chi connectivity index (χ1n) is 10.3. The average molecular weight is 462 g/mol. The fourth-order valence-corrected chi connectivity index (χ4v) is 5.63. The van der Waals surface area contributed by atoms with Crippen LogP contribution in [0.25, 0.3) is 11.0 Å². The van der Waals surface area contributed by atoms with E-state index < -0.39 is 16.1 Å². The number of nitrogens with zero attached hydrogens (tertiary/aromatic N) is 4. The molecule has 8 nitrogen and oxygen atoms in total. The van der Waals surface area contributed by atoms with Crippen LogP contribution in [-0.4, -0.2) is 46.2 Å². The first kappa shape index (κ1) is 21.7. The molecule has 0 radical (unpaired) electrons. The Kier molecular flexibility index (Phi) is 6.27. The highest BCUT2D eigenvalue weighted by molar-refractivity contribution is 7.89. The van der Waals surface area contributed by atoms with E-state index in [-0.39, 0.29) is 10.8 Å². The molecule has 2 heterocycles. The van der Waals surface area contributed by atoms with E-state index in [0.29, 0.717) is 43.0 Å². The summed E-state index contributed by atoms with van der Waals surface area (Å²) in [4.78, 5) is 12.9. The van der Waals surface area contributed by atoms with Gasteiger partial charge in [-0.15, -0.1) is 5.10 Å². The molecule has 31 heavy (non-hydrogen) atoms. The molecule has 0 bridgehead atoms. The molecule has 1 atom stereocenters. The van der Waals surface area contributed by atoms with Crippen LogP contribution >= 0.6 is 11.6 Å². The average Bonchev–Trinajstić information content (AvgIpc) is 3.41. The Labute approximate surface area is 186 Å². The second-order valence-electron chi connectivity index (χ2n) is 7.58. The highest BCUT2D eigenvalue weighted by atomic mass is 35.5. The topological polar surface area (TPSA) is 97.2 Å².